The number of nitrogens with one attached hydrogen (secondary N) is 1. The molecule has 1 aromatic heterocycles. The molecule has 0 saturated heterocycles. The Hall–Kier alpha value is -1.85. The van der Waals surface area contributed by atoms with E-state index in [4.69, 9.17) is 5.11 Å². The number of aromatic nitrogens is 2. The van der Waals surface area contributed by atoms with Crippen LogP contribution in [0, 0.1) is 5.92 Å². The van der Waals surface area contributed by atoms with Crippen LogP contribution in [0.5, 0.6) is 0 Å². The van der Waals surface area contributed by atoms with E-state index in [0.29, 0.717) is 12.5 Å². The molecule has 0 aromatic carbocycles. The molecule has 0 aliphatic carbocycles. The van der Waals surface area contributed by atoms with E-state index >= 15 is 0 Å². The van der Waals surface area contributed by atoms with Crippen LogP contribution in [0.4, 0.5) is 11.8 Å². The van der Waals surface area contributed by atoms with Gasteiger partial charge >= 0.3 is 5.97 Å². The second-order valence-corrected chi connectivity index (χ2v) is 4.39. The average molecular weight is 252 g/mol. The molecule has 0 amide bonds. The van der Waals surface area contributed by atoms with Gasteiger partial charge in [0.2, 0.25) is 5.95 Å². The van der Waals surface area contributed by atoms with Crippen molar-refractivity contribution in [2.75, 3.05) is 30.9 Å². The van der Waals surface area contributed by atoms with Crippen LogP contribution in [0.15, 0.2) is 12.3 Å². The van der Waals surface area contributed by atoms with Crippen molar-refractivity contribution in [1.29, 1.82) is 0 Å². The normalized spacial score (nSPS) is 11.9. The summed E-state index contributed by atoms with van der Waals surface area (Å²) >= 11 is 0. The lowest BCUT2D eigenvalue weighted by atomic mass is 10.0. The molecule has 0 saturated carbocycles. The Bertz CT molecular complexity index is 395. The zero-order chi connectivity index (χ0) is 13.5. The van der Waals surface area contributed by atoms with Crippen LogP contribution in [-0.4, -0.2) is 41.7 Å². The zero-order valence-electron chi connectivity index (χ0n) is 11.1. The Morgan fingerprint density at radius 2 is 2.28 bits per heavy atom. The third kappa shape index (κ3) is 4.57. The SMILES string of the molecule is CCC(CNc1ccnc(N(C)C)n1)CC(=O)O. The average Bonchev–Trinajstić information content (AvgIpc) is 2.34. The number of rotatable bonds is 7. The highest BCUT2D eigenvalue weighted by Crippen LogP contribution is 2.12. The fourth-order valence-electron chi connectivity index (χ4n) is 1.52. The van der Waals surface area contributed by atoms with Crippen LogP contribution >= 0.6 is 0 Å². The monoisotopic (exact) mass is 252 g/mol. The van der Waals surface area contributed by atoms with Crippen molar-refractivity contribution in [1.82, 2.24) is 9.97 Å². The van der Waals surface area contributed by atoms with Gasteiger partial charge in [0.15, 0.2) is 0 Å². The van der Waals surface area contributed by atoms with Gasteiger partial charge in [0.1, 0.15) is 5.82 Å². The molecule has 6 nitrogen and oxygen atoms in total. The molecule has 0 radical (unpaired) electrons. The van der Waals surface area contributed by atoms with Crippen LogP contribution in [0.25, 0.3) is 0 Å². The van der Waals surface area contributed by atoms with Crippen molar-refractivity contribution >= 4 is 17.7 Å². The molecule has 1 heterocycles. The number of anilines is 2. The smallest absolute Gasteiger partial charge is 0.303 e. The lowest BCUT2D eigenvalue weighted by Crippen LogP contribution is -2.19. The highest BCUT2D eigenvalue weighted by atomic mass is 16.4. The maximum absolute atomic E-state index is 10.7. The van der Waals surface area contributed by atoms with Gasteiger partial charge in [-0.1, -0.05) is 13.3 Å². The summed E-state index contributed by atoms with van der Waals surface area (Å²) in [6.07, 6.45) is 2.68. The standard InChI is InChI=1S/C12H20N4O2/c1-4-9(7-11(17)18)8-14-10-5-6-13-12(15-10)16(2)3/h5-6,9H,4,7-8H2,1-3H3,(H,17,18)(H,13,14,15). The van der Waals surface area contributed by atoms with E-state index in [0.717, 1.165) is 12.2 Å². The molecular weight excluding hydrogens is 232 g/mol. The van der Waals surface area contributed by atoms with Gasteiger partial charge in [0.05, 0.1) is 0 Å². The second kappa shape index (κ2) is 6.78. The number of carbonyl (C=O) groups is 1. The number of carboxylic acids is 1. The minimum Gasteiger partial charge on any atom is -0.481 e. The molecule has 1 rings (SSSR count). The first kappa shape index (κ1) is 14.2. The summed E-state index contributed by atoms with van der Waals surface area (Å²) in [7, 11) is 3.75. The van der Waals surface area contributed by atoms with Crippen molar-refractivity contribution in [3.63, 3.8) is 0 Å². The molecule has 0 fully saturated rings. The van der Waals surface area contributed by atoms with Crippen LogP contribution < -0.4 is 10.2 Å². The van der Waals surface area contributed by atoms with Gasteiger partial charge < -0.3 is 15.3 Å². The Labute approximate surface area is 107 Å². The second-order valence-electron chi connectivity index (χ2n) is 4.39. The van der Waals surface area contributed by atoms with E-state index < -0.39 is 5.97 Å². The molecule has 1 atom stereocenters. The molecule has 6 heteroatoms. The van der Waals surface area contributed by atoms with Crippen molar-refractivity contribution in [2.24, 2.45) is 5.92 Å². The summed E-state index contributed by atoms with van der Waals surface area (Å²) in [5.74, 6) is 0.699. The lowest BCUT2D eigenvalue weighted by Gasteiger charge is -2.15. The van der Waals surface area contributed by atoms with E-state index in [1.165, 1.54) is 0 Å². The summed E-state index contributed by atoms with van der Waals surface area (Å²) in [6.45, 7) is 2.59. The van der Waals surface area contributed by atoms with E-state index in [-0.39, 0.29) is 12.3 Å². The lowest BCUT2D eigenvalue weighted by molar-refractivity contribution is -0.138. The highest BCUT2D eigenvalue weighted by Gasteiger charge is 2.11. The quantitative estimate of drug-likeness (QED) is 0.765. The van der Waals surface area contributed by atoms with Crippen molar-refractivity contribution in [3.8, 4) is 0 Å². The number of carboxylic acid groups (broad SMARTS) is 1. The van der Waals surface area contributed by atoms with E-state index in [1.54, 1.807) is 12.3 Å². The van der Waals surface area contributed by atoms with Gasteiger partial charge in [-0.2, -0.15) is 4.98 Å². The zero-order valence-corrected chi connectivity index (χ0v) is 11.1. The third-order valence-corrected chi connectivity index (χ3v) is 2.66. The van der Waals surface area contributed by atoms with Crippen LogP contribution in [0.3, 0.4) is 0 Å². The highest BCUT2D eigenvalue weighted by molar-refractivity contribution is 5.67. The molecule has 1 unspecified atom stereocenters. The van der Waals surface area contributed by atoms with Crippen molar-refractivity contribution in [3.05, 3.63) is 12.3 Å². The minimum atomic E-state index is -0.764. The first-order valence-corrected chi connectivity index (χ1v) is 5.99. The summed E-state index contributed by atoms with van der Waals surface area (Å²) in [6, 6.07) is 1.78. The molecular formula is C12H20N4O2. The van der Waals surface area contributed by atoms with Gasteiger partial charge in [-0.15, -0.1) is 0 Å². The summed E-state index contributed by atoms with van der Waals surface area (Å²) in [5, 5.41) is 11.9. The topological polar surface area (TPSA) is 78.4 Å². The van der Waals surface area contributed by atoms with Crippen LogP contribution in [0.2, 0.25) is 0 Å². The van der Waals surface area contributed by atoms with Gasteiger partial charge in [-0.25, -0.2) is 4.98 Å². The van der Waals surface area contributed by atoms with Gasteiger partial charge in [0, 0.05) is 33.3 Å². The Balaban J connectivity index is 2.56. The number of hydrogen-bond donors (Lipinski definition) is 2. The maximum atomic E-state index is 10.7. The summed E-state index contributed by atoms with van der Waals surface area (Å²) in [5.41, 5.74) is 0. The largest absolute Gasteiger partial charge is 0.481 e. The minimum absolute atomic E-state index is 0.111. The number of aliphatic carboxylic acids is 1. The molecule has 0 aliphatic heterocycles. The van der Waals surface area contributed by atoms with Crippen molar-refractivity contribution < 1.29 is 9.90 Å². The number of nitrogens with zero attached hydrogens (tertiary/aromatic N) is 3. The molecule has 18 heavy (non-hydrogen) atoms. The molecule has 0 spiro atoms. The first-order valence-electron chi connectivity index (χ1n) is 5.99. The van der Waals surface area contributed by atoms with E-state index in [1.807, 2.05) is 25.9 Å². The third-order valence-electron chi connectivity index (χ3n) is 2.66. The fraction of sp³-hybridized carbons (Fsp3) is 0.583. The Morgan fingerprint density at radius 1 is 1.56 bits per heavy atom. The first-order chi connectivity index (χ1) is 8.52. The summed E-state index contributed by atoms with van der Waals surface area (Å²) in [4.78, 5) is 20.9. The number of hydrogen-bond acceptors (Lipinski definition) is 5. The van der Waals surface area contributed by atoms with Gasteiger partial charge in [-0.05, 0) is 12.0 Å². The Kier molecular flexibility index (Phi) is 5.35. The van der Waals surface area contributed by atoms with Crippen LogP contribution in [-0.2, 0) is 4.79 Å². The molecule has 2 N–H and O–H groups in total. The predicted octanol–water partition coefficient (Wildman–Crippen LogP) is 1.46. The fourth-order valence-corrected chi connectivity index (χ4v) is 1.52. The van der Waals surface area contributed by atoms with E-state index in [2.05, 4.69) is 15.3 Å². The maximum Gasteiger partial charge on any atom is 0.303 e. The van der Waals surface area contributed by atoms with Crippen LogP contribution in [0.1, 0.15) is 19.8 Å². The molecule has 1 aromatic rings. The van der Waals surface area contributed by atoms with Crippen molar-refractivity contribution in [2.45, 2.75) is 19.8 Å². The van der Waals surface area contributed by atoms with Gasteiger partial charge in [0.25, 0.3) is 0 Å². The predicted molar refractivity (Wildman–Crippen MR) is 70.9 cm³/mol. The molecule has 0 aliphatic rings. The molecule has 0 bridgehead atoms. The Morgan fingerprint density at radius 3 is 2.83 bits per heavy atom. The van der Waals surface area contributed by atoms with Gasteiger partial charge in [-0.3, -0.25) is 4.79 Å². The molecule has 100 valence electrons. The van der Waals surface area contributed by atoms with E-state index in [9.17, 15) is 4.79 Å². The summed E-state index contributed by atoms with van der Waals surface area (Å²) < 4.78 is 0.